The van der Waals surface area contributed by atoms with Gasteiger partial charge in [-0.3, -0.25) is 0 Å². The van der Waals surface area contributed by atoms with Gasteiger partial charge in [-0.1, -0.05) is 66.2 Å². The van der Waals surface area contributed by atoms with Crippen molar-refractivity contribution in [2.45, 2.75) is 137 Å². The number of hydrogen-bond acceptors (Lipinski definition) is 1. The van der Waals surface area contributed by atoms with Crippen molar-refractivity contribution < 1.29 is 5.11 Å². The Hall–Kier alpha value is -0.0400. The van der Waals surface area contributed by atoms with Crippen LogP contribution in [0, 0.1) is 46.3 Å². The predicted molar refractivity (Wildman–Crippen MR) is 128 cm³/mol. The molecule has 5 fully saturated rings. The van der Waals surface area contributed by atoms with Crippen LogP contribution >= 0.6 is 0 Å². The van der Waals surface area contributed by atoms with Gasteiger partial charge in [0.15, 0.2) is 0 Å². The Labute approximate surface area is 188 Å². The molecule has 30 heavy (non-hydrogen) atoms. The van der Waals surface area contributed by atoms with Gasteiger partial charge in [-0.2, -0.15) is 0 Å². The van der Waals surface area contributed by atoms with Crippen molar-refractivity contribution in [3.63, 3.8) is 0 Å². The lowest BCUT2D eigenvalue weighted by molar-refractivity contribution is -0.127. The number of hydrogen-bond donors (Lipinski definition) is 1. The van der Waals surface area contributed by atoms with Crippen LogP contribution in [0.3, 0.4) is 0 Å². The Balaban J connectivity index is 0.00000106. The van der Waals surface area contributed by atoms with Crippen LogP contribution in [0.25, 0.3) is 0 Å². The zero-order valence-corrected chi connectivity index (χ0v) is 20.8. The molecule has 5 rings (SSSR count). The van der Waals surface area contributed by atoms with Gasteiger partial charge in [0.25, 0.3) is 0 Å². The molecule has 0 aliphatic heterocycles. The zero-order valence-electron chi connectivity index (χ0n) is 20.8. The summed E-state index contributed by atoms with van der Waals surface area (Å²) in [6.45, 7) is 9.36. The molecule has 1 nitrogen and oxygen atoms in total. The molecule has 1 heteroatoms. The summed E-state index contributed by atoms with van der Waals surface area (Å²) in [4.78, 5) is 0. The van der Waals surface area contributed by atoms with Gasteiger partial charge in [-0.25, -0.2) is 0 Å². The van der Waals surface area contributed by atoms with Crippen molar-refractivity contribution in [3.05, 3.63) is 0 Å². The van der Waals surface area contributed by atoms with Crippen LogP contribution in [0.5, 0.6) is 0 Å². The standard InChI is InChI=1S/C27H46O.C2H6/c1-26-17-15-25-23(12-10-21-18-22(28)14-16-27(21,25)2)24(26)13-11-20(26)9-5-8-19-6-3-4-7-19;1-2/h19-25,28H,3-18H2,1-2H3;1-2H3. The van der Waals surface area contributed by atoms with Crippen LogP contribution in [0.2, 0.25) is 0 Å². The molecule has 0 bridgehead atoms. The van der Waals surface area contributed by atoms with E-state index >= 15 is 0 Å². The summed E-state index contributed by atoms with van der Waals surface area (Å²) in [5.41, 5.74) is 1.21. The zero-order chi connectivity index (χ0) is 21.4. The average Bonchev–Trinajstić information content (AvgIpc) is 3.38. The van der Waals surface area contributed by atoms with E-state index in [-0.39, 0.29) is 6.10 Å². The van der Waals surface area contributed by atoms with Gasteiger partial charge in [-0.15, -0.1) is 0 Å². The van der Waals surface area contributed by atoms with Gasteiger partial charge >= 0.3 is 0 Å². The summed E-state index contributed by atoms with van der Waals surface area (Å²) in [5, 5.41) is 10.2. The highest BCUT2D eigenvalue weighted by Crippen LogP contribution is 2.67. The lowest BCUT2D eigenvalue weighted by Gasteiger charge is -2.61. The Morgan fingerprint density at radius 3 is 2.20 bits per heavy atom. The molecule has 5 saturated carbocycles. The first-order valence-corrected chi connectivity index (χ1v) is 14.2. The molecule has 0 aromatic heterocycles. The molecule has 0 aromatic carbocycles. The van der Waals surface area contributed by atoms with E-state index < -0.39 is 0 Å². The highest BCUT2D eigenvalue weighted by Gasteiger charge is 2.59. The molecule has 8 unspecified atom stereocenters. The van der Waals surface area contributed by atoms with Gasteiger partial charge in [-0.05, 0) is 111 Å². The second-order valence-corrected chi connectivity index (χ2v) is 12.5. The van der Waals surface area contributed by atoms with Crippen LogP contribution in [0.15, 0.2) is 0 Å². The molecular formula is C29H52O. The maximum absolute atomic E-state index is 10.2. The molecule has 0 spiro atoms. The molecule has 5 aliphatic rings. The van der Waals surface area contributed by atoms with Crippen molar-refractivity contribution in [3.8, 4) is 0 Å². The number of fused-ring (bicyclic) bond motifs is 5. The summed E-state index contributed by atoms with van der Waals surface area (Å²) >= 11 is 0. The van der Waals surface area contributed by atoms with Crippen molar-refractivity contribution in [2.24, 2.45) is 46.3 Å². The molecule has 0 radical (unpaired) electrons. The third-order valence-electron chi connectivity index (χ3n) is 11.5. The second-order valence-electron chi connectivity index (χ2n) is 12.5. The number of aliphatic hydroxyl groups is 1. The minimum atomic E-state index is -0.000732. The molecular weight excluding hydrogens is 364 g/mol. The molecule has 0 heterocycles. The highest BCUT2D eigenvalue weighted by molar-refractivity contribution is 5.09. The van der Waals surface area contributed by atoms with Gasteiger partial charge in [0.1, 0.15) is 0 Å². The van der Waals surface area contributed by atoms with Gasteiger partial charge in [0.2, 0.25) is 0 Å². The maximum Gasteiger partial charge on any atom is 0.0543 e. The summed E-state index contributed by atoms with van der Waals surface area (Å²) in [6, 6.07) is 0. The lowest BCUT2D eigenvalue weighted by Crippen LogP contribution is -2.53. The van der Waals surface area contributed by atoms with Crippen molar-refractivity contribution in [1.29, 1.82) is 0 Å². The van der Waals surface area contributed by atoms with Crippen LogP contribution in [0.4, 0.5) is 0 Å². The fraction of sp³-hybridized carbons (Fsp3) is 1.00. The highest BCUT2D eigenvalue weighted by atomic mass is 16.3. The van der Waals surface area contributed by atoms with Crippen molar-refractivity contribution in [1.82, 2.24) is 0 Å². The van der Waals surface area contributed by atoms with E-state index in [9.17, 15) is 5.11 Å². The van der Waals surface area contributed by atoms with E-state index in [1.54, 1.807) is 0 Å². The van der Waals surface area contributed by atoms with Crippen LogP contribution in [-0.2, 0) is 0 Å². The topological polar surface area (TPSA) is 20.2 Å². The SMILES string of the molecule is CC.CC12CCC3C(CCC4CC(O)CCC43C)C1CCC2CCCC1CCCC1. The predicted octanol–water partition coefficient (Wildman–Crippen LogP) is 8.39. The van der Waals surface area contributed by atoms with Crippen LogP contribution in [-0.4, -0.2) is 11.2 Å². The van der Waals surface area contributed by atoms with Gasteiger partial charge < -0.3 is 5.11 Å². The fourth-order valence-corrected chi connectivity index (χ4v) is 9.77. The summed E-state index contributed by atoms with van der Waals surface area (Å²) < 4.78 is 0. The van der Waals surface area contributed by atoms with Gasteiger partial charge in [0.05, 0.1) is 6.10 Å². The van der Waals surface area contributed by atoms with E-state index in [0.29, 0.717) is 10.8 Å². The molecule has 0 saturated heterocycles. The molecule has 0 aromatic rings. The summed E-state index contributed by atoms with van der Waals surface area (Å²) in [7, 11) is 0. The summed E-state index contributed by atoms with van der Waals surface area (Å²) in [6.07, 6.45) is 23.1. The minimum Gasteiger partial charge on any atom is -0.393 e. The lowest BCUT2D eigenvalue weighted by atomic mass is 9.44. The third kappa shape index (κ3) is 4.04. The Kier molecular flexibility index (Phi) is 7.28. The number of rotatable bonds is 4. The monoisotopic (exact) mass is 416 g/mol. The molecule has 5 aliphatic carbocycles. The smallest absolute Gasteiger partial charge is 0.0543 e. The largest absolute Gasteiger partial charge is 0.393 e. The van der Waals surface area contributed by atoms with E-state index in [1.165, 1.54) is 89.9 Å². The Bertz CT molecular complexity index is 551. The first-order chi connectivity index (χ1) is 14.5. The fourth-order valence-electron chi connectivity index (χ4n) is 9.77. The van der Waals surface area contributed by atoms with Gasteiger partial charge in [0, 0.05) is 0 Å². The quantitative estimate of drug-likeness (QED) is 0.488. The first-order valence-electron chi connectivity index (χ1n) is 14.2. The molecule has 8 atom stereocenters. The van der Waals surface area contributed by atoms with Crippen LogP contribution < -0.4 is 0 Å². The van der Waals surface area contributed by atoms with Crippen molar-refractivity contribution >= 4 is 0 Å². The number of aliphatic hydroxyl groups excluding tert-OH is 1. The average molecular weight is 417 g/mol. The third-order valence-corrected chi connectivity index (χ3v) is 11.5. The normalized spacial score (nSPS) is 48.3. The van der Waals surface area contributed by atoms with E-state index in [4.69, 9.17) is 0 Å². The molecule has 1 N–H and O–H groups in total. The van der Waals surface area contributed by atoms with Crippen LogP contribution in [0.1, 0.15) is 130 Å². The van der Waals surface area contributed by atoms with E-state index in [0.717, 1.165) is 48.3 Å². The Morgan fingerprint density at radius 2 is 1.43 bits per heavy atom. The van der Waals surface area contributed by atoms with E-state index in [1.807, 2.05) is 13.8 Å². The first kappa shape index (κ1) is 23.1. The van der Waals surface area contributed by atoms with E-state index in [2.05, 4.69) is 13.8 Å². The van der Waals surface area contributed by atoms with Crippen molar-refractivity contribution in [2.75, 3.05) is 0 Å². The molecule has 174 valence electrons. The Morgan fingerprint density at radius 1 is 0.733 bits per heavy atom. The second kappa shape index (κ2) is 9.44. The maximum atomic E-state index is 10.2. The minimum absolute atomic E-state index is 0.000732. The molecule has 0 amide bonds. The summed E-state index contributed by atoms with van der Waals surface area (Å²) in [5.74, 6) is 5.91.